The molecule has 0 aliphatic rings. The molecule has 1 amide bonds. The lowest BCUT2D eigenvalue weighted by Crippen LogP contribution is -2.30. The Balaban J connectivity index is 2.00. The zero-order valence-corrected chi connectivity index (χ0v) is 17.4. The number of carbonyl (C=O) groups is 1. The summed E-state index contributed by atoms with van der Waals surface area (Å²) >= 11 is 3.50. The van der Waals surface area contributed by atoms with Gasteiger partial charge in [0.25, 0.3) is 0 Å². The summed E-state index contributed by atoms with van der Waals surface area (Å²) in [6.45, 7) is 6.50. The number of ether oxygens (including phenoxy) is 1. The molecular weight excluding hydrogens is 392 g/mol. The van der Waals surface area contributed by atoms with Crippen molar-refractivity contribution in [3.8, 4) is 5.75 Å². The fraction of sp³-hybridized carbons (Fsp3) is 0.381. The quantitative estimate of drug-likeness (QED) is 0.642. The fourth-order valence-electron chi connectivity index (χ4n) is 2.90. The number of carbonyl (C=O) groups excluding carboxylic acids is 1. The summed E-state index contributed by atoms with van der Waals surface area (Å²) < 4.78 is 6.16. The number of aryl methyl sites for hydroxylation is 2. The topological polar surface area (TPSA) is 50.4 Å². The predicted octanol–water partition coefficient (Wildman–Crippen LogP) is 4.87. The van der Waals surface area contributed by atoms with Crippen LogP contribution in [0.2, 0.25) is 0 Å². The molecule has 2 aromatic carbocycles. The summed E-state index contributed by atoms with van der Waals surface area (Å²) in [5.41, 5.74) is 4.40. The lowest BCUT2D eigenvalue weighted by molar-refractivity contribution is -0.115. The van der Waals surface area contributed by atoms with E-state index in [4.69, 9.17) is 4.74 Å². The third-order valence-electron chi connectivity index (χ3n) is 4.51. The van der Waals surface area contributed by atoms with Gasteiger partial charge in [0.1, 0.15) is 5.75 Å². The second-order valence-corrected chi connectivity index (χ2v) is 7.06. The minimum atomic E-state index is -0.0278. The monoisotopic (exact) mass is 418 g/mol. The van der Waals surface area contributed by atoms with Crippen molar-refractivity contribution in [2.24, 2.45) is 0 Å². The zero-order valence-electron chi connectivity index (χ0n) is 15.9. The van der Waals surface area contributed by atoms with Gasteiger partial charge in [-0.3, -0.25) is 4.79 Å². The van der Waals surface area contributed by atoms with Crippen molar-refractivity contribution in [3.63, 3.8) is 0 Å². The van der Waals surface area contributed by atoms with Crippen LogP contribution in [0, 0.1) is 0 Å². The molecule has 4 nitrogen and oxygen atoms in total. The molecule has 5 heteroatoms. The van der Waals surface area contributed by atoms with Crippen molar-refractivity contribution >= 4 is 27.5 Å². The van der Waals surface area contributed by atoms with Gasteiger partial charge in [-0.05, 0) is 64.5 Å². The maximum absolute atomic E-state index is 12.4. The molecule has 0 bridgehead atoms. The summed E-state index contributed by atoms with van der Waals surface area (Å²) in [6, 6.07) is 12.2. The Kier molecular flexibility index (Phi) is 7.66. The Morgan fingerprint density at radius 1 is 1.15 bits per heavy atom. The molecule has 0 aliphatic carbocycles. The van der Waals surface area contributed by atoms with Crippen molar-refractivity contribution in [2.45, 2.75) is 39.7 Å². The van der Waals surface area contributed by atoms with Crippen LogP contribution in [-0.4, -0.2) is 19.6 Å². The van der Waals surface area contributed by atoms with Crippen molar-refractivity contribution in [1.82, 2.24) is 5.32 Å². The van der Waals surface area contributed by atoms with Crippen LogP contribution in [0.4, 0.5) is 5.69 Å². The van der Waals surface area contributed by atoms with E-state index in [9.17, 15) is 4.79 Å². The largest absolute Gasteiger partial charge is 0.496 e. The summed E-state index contributed by atoms with van der Waals surface area (Å²) in [5, 5.41) is 6.37. The van der Waals surface area contributed by atoms with Crippen molar-refractivity contribution in [3.05, 3.63) is 57.6 Å². The molecule has 2 rings (SSSR count). The molecule has 26 heavy (non-hydrogen) atoms. The highest BCUT2D eigenvalue weighted by atomic mass is 79.9. The molecule has 0 saturated carbocycles. The molecule has 0 heterocycles. The van der Waals surface area contributed by atoms with Crippen LogP contribution in [0.15, 0.2) is 40.9 Å². The Labute approximate surface area is 164 Å². The van der Waals surface area contributed by atoms with E-state index >= 15 is 0 Å². The Hall–Kier alpha value is -1.85. The van der Waals surface area contributed by atoms with Crippen LogP contribution in [0.25, 0.3) is 0 Å². The van der Waals surface area contributed by atoms with Gasteiger partial charge in [-0.1, -0.05) is 38.1 Å². The second-order valence-electron chi connectivity index (χ2n) is 6.20. The minimum Gasteiger partial charge on any atom is -0.496 e. The van der Waals surface area contributed by atoms with Crippen molar-refractivity contribution in [1.29, 1.82) is 0 Å². The summed E-state index contributed by atoms with van der Waals surface area (Å²) in [6.07, 6.45) is 1.79. The first-order valence-corrected chi connectivity index (χ1v) is 9.76. The molecule has 0 spiro atoms. The van der Waals surface area contributed by atoms with E-state index in [-0.39, 0.29) is 18.5 Å². The van der Waals surface area contributed by atoms with E-state index in [2.05, 4.69) is 58.6 Å². The molecule has 0 aliphatic heterocycles. The Morgan fingerprint density at radius 3 is 2.35 bits per heavy atom. The molecule has 2 aromatic rings. The number of benzene rings is 2. The molecule has 2 N–H and O–H groups in total. The van der Waals surface area contributed by atoms with Crippen LogP contribution in [0.3, 0.4) is 0 Å². The van der Waals surface area contributed by atoms with Gasteiger partial charge >= 0.3 is 0 Å². The summed E-state index contributed by atoms with van der Waals surface area (Å²) in [5.74, 6) is 0.766. The Morgan fingerprint density at radius 2 is 1.81 bits per heavy atom. The first-order valence-electron chi connectivity index (χ1n) is 8.97. The van der Waals surface area contributed by atoms with E-state index in [1.54, 1.807) is 7.11 Å². The molecule has 140 valence electrons. The molecule has 0 aromatic heterocycles. The van der Waals surface area contributed by atoms with Crippen LogP contribution in [0.1, 0.15) is 43.5 Å². The van der Waals surface area contributed by atoms with E-state index in [0.29, 0.717) is 0 Å². The smallest absolute Gasteiger partial charge is 0.238 e. The summed E-state index contributed by atoms with van der Waals surface area (Å²) in [4.78, 5) is 12.4. The lowest BCUT2D eigenvalue weighted by atomic mass is 10.0. The molecule has 0 fully saturated rings. The van der Waals surface area contributed by atoms with Gasteiger partial charge in [0.15, 0.2) is 0 Å². The Bertz CT molecular complexity index is 739. The third-order valence-corrected chi connectivity index (χ3v) is 5.13. The first-order chi connectivity index (χ1) is 12.5. The first kappa shape index (κ1) is 20.5. The number of para-hydroxylation sites is 1. The van der Waals surface area contributed by atoms with Gasteiger partial charge in [-0.2, -0.15) is 0 Å². The number of methoxy groups -OCH3 is 1. The number of hydrogen-bond acceptors (Lipinski definition) is 3. The van der Waals surface area contributed by atoms with Crippen LogP contribution >= 0.6 is 15.9 Å². The standard InChI is InChI=1S/C21H27BrN2O2/c1-5-15-8-7-9-16(6-2)21(15)24-20(25)13-23-14(3)17-10-11-19(26-4)18(22)12-17/h7-12,14,23H,5-6,13H2,1-4H3,(H,24,25). The van der Waals surface area contributed by atoms with E-state index in [1.807, 2.05) is 25.1 Å². The van der Waals surface area contributed by atoms with Gasteiger partial charge in [0.2, 0.25) is 5.91 Å². The number of hydrogen-bond donors (Lipinski definition) is 2. The minimum absolute atomic E-state index is 0.0278. The van der Waals surface area contributed by atoms with E-state index in [1.165, 1.54) is 11.1 Å². The number of halogens is 1. The SMILES string of the molecule is CCc1cccc(CC)c1NC(=O)CNC(C)c1ccc(OC)c(Br)c1. The molecule has 1 atom stereocenters. The van der Waals surface area contributed by atoms with Gasteiger partial charge in [-0.25, -0.2) is 0 Å². The fourth-order valence-corrected chi connectivity index (χ4v) is 3.46. The van der Waals surface area contributed by atoms with Crippen molar-refractivity contribution < 1.29 is 9.53 Å². The van der Waals surface area contributed by atoms with Crippen LogP contribution < -0.4 is 15.4 Å². The molecule has 1 unspecified atom stereocenters. The van der Waals surface area contributed by atoms with E-state index in [0.717, 1.165) is 34.3 Å². The highest BCUT2D eigenvalue weighted by molar-refractivity contribution is 9.10. The van der Waals surface area contributed by atoms with Gasteiger partial charge in [0, 0.05) is 11.7 Å². The number of rotatable bonds is 8. The number of amides is 1. The zero-order chi connectivity index (χ0) is 19.1. The molecular formula is C21H27BrN2O2. The summed E-state index contributed by atoms with van der Waals surface area (Å²) in [7, 11) is 1.64. The number of nitrogens with one attached hydrogen (secondary N) is 2. The average molecular weight is 419 g/mol. The second kappa shape index (κ2) is 9.74. The molecule has 0 saturated heterocycles. The van der Waals surface area contributed by atoms with E-state index < -0.39 is 0 Å². The van der Waals surface area contributed by atoms with Crippen LogP contribution in [-0.2, 0) is 17.6 Å². The highest BCUT2D eigenvalue weighted by Gasteiger charge is 2.13. The maximum atomic E-state index is 12.4. The van der Waals surface area contributed by atoms with Crippen molar-refractivity contribution in [2.75, 3.05) is 19.0 Å². The maximum Gasteiger partial charge on any atom is 0.238 e. The average Bonchev–Trinajstić information content (AvgIpc) is 2.66. The highest BCUT2D eigenvalue weighted by Crippen LogP contribution is 2.28. The van der Waals surface area contributed by atoms with Gasteiger partial charge in [0.05, 0.1) is 18.1 Å². The normalized spacial score (nSPS) is 11.9. The lowest BCUT2D eigenvalue weighted by Gasteiger charge is -2.17. The third kappa shape index (κ3) is 5.08. The van der Waals surface area contributed by atoms with Gasteiger partial charge < -0.3 is 15.4 Å². The van der Waals surface area contributed by atoms with Crippen LogP contribution in [0.5, 0.6) is 5.75 Å². The molecule has 0 radical (unpaired) electrons. The van der Waals surface area contributed by atoms with Gasteiger partial charge in [-0.15, -0.1) is 0 Å². The number of anilines is 1. The predicted molar refractivity (Wildman–Crippen MR) is 111 cm³/mol.